The van der Waals surface area contributed by atoms with E-state index >= 15 is 0 Å². The van der Waals surface area contributed by atoms with Crippen molar-refractivity contribution in [2.45, 2.75) is 6.54 Å². The number of nitro groups is 1. The van der Waals surface area contributed by atoms with Crippen molar-refractivity contribution >= 4 is 35.1 Å². The van der Waals surface area contributed by atoms with E-state index in [1.165, 1.54) is 6.08 Å². The van der Waals surface area contributed by atoms with Gasteiger partial charge in [-0.1, -0.05) is 41.4 Å². The van der Waals surface area contributed by atoms with Crippen LogP contribution in [0.2, 0.25) is 10.2 Å². The molecule has 30 heavy (non-hydrogen) atoms. The van der Waals surface area contributed by atoms with E-state index < -0.39 is 4.92 Å². The Labute approximate surface area is 182 Å². The number of benzene rings is 1. The van der Waals surface area contributed by atoms with E-state index in [0.29, 0.717) is 47.2 Å². The van der Waals surface area contributed by atoms with E-state index in [2.05, 4.69) is 9.98 Å². The summed E-state index contributed by atoms with van der Waals surface area (Å²) in [5.74, 6) is 1.19. The Balaban J connectivity index is 1.60. The van der Waals surface area contributed by atoms with Gasteiger partial charge in [0.25, 0.3) is 0 Å². The highest BCUT2D eigenvalue weighted by molar-refractivity contribution is 6.33. The van der Waals surface area contributed by atoms with Gasteiger partial charge >= 0.3 is 5.70 Å². The quantitative estimate of drug-likeness (QED) is 0.298. The summed E-state index contributed by atoms with van der Waals surface area (Å²) in [6, 6.07) is 14.2. The molecule has 1 aliphatic heterocycles. The van der Waals surface area contributed by atoms with Crippen LogP contribution in [-0.4, -0.2) is 33.7 Å². The van der Waals surface area contributed by atoms with Crippen LogP contribution in [-0.2, 0) is 6.54 Å². The second kappa shape index (κ2) is 8.69. The van der Waals surface area contributed by atoms with E-state index in [1.54, 1.807) is 30.5 Å². The molecular weight excluding hydrogens is 427 g/mol. The van der Waals surface area contributed by atoms with Crippen molar-refractivity contribution in [1.82, 2.24) is 9.88 Å². The zero-order valence-electron chi connectivity index (χ0n) is 15.7. The maximum absolute atomic E-state index is 11.8. The lowest BCUT2D eigenvalue weighted by Crippen LogP contribution is -2.30. The van der Waals surface area contributed by atoms with Crippen molar-refractivity contribution in [1.29, 1.82) is 0 Å². The lowest BCUT2D eigenvalue weighted by molar-refractivity contribution is -0.414. The number of halogens is 2. The lowest BCUT2D eigenvalue weighted by Gasteiger charge is -2.18. The third kappa shape index (κ3) is 4.37. The molecule has 1 aromatic carbocycles. The van der Waals surface area contributed by atoms with E-state index in [0.717, 1.165) is 11.1 Å². The van der Waals surface area contributed by atoms with Crippen molar-refractivity contribution in [2.24, 2.45) is 4.99 Å². The van der Waals surface area contributed by atoms with Gasteiger partial charge in [-0.2, -0.15) is 0 Å². The molecule has 7 nitrogen and oxygen atoms in total. The number of rotatable bonds is 6. The van der Waals surface area contributed by atoms with Crippen LogP contribution < -0.4 is 0 Å². The smallest absolute Gasteiger partial charge is 0.314 e. The van der Waals surface area contributed by atoms with Crippen molar-refractivity contribution in [2.75, 3.05) is 13.1 Å². The minimum absolute atomic E-state index is 0.130. The second-order valence-corrected chi connectivity index (χ2v) is 7.38. The Hall–Kier alpha value is -3.16. The van der Waals surface area contributed by atoms with Gasteiger partial charge in [0.15, 0.2) is 0 Å². The highest BCUT2D eigenvalue weighted by Crippen LogP contribution is 2.30. The summed E-state index contributed by atoms with van der Waals surface area (Å²) in [7, 11) is 0. The lowest BCUT2D eigenvalue weighted by atomic mass is 10.2. The topological polar surface area (TPSA) is 84.8 Å². The molecule has 152 valence electrons. The first-order valence-electron chi connectivity index (χ1n) is 9.12. The van der Waals surface area contributed by atoms with Crippen LogP contribution in [0, 0.1) is 10.1 Å². The molecule has 3 heterocycles. The molecule has 0 radical (unpaired) electrons. The molecule has 1 aliphatic rings. The van der Waals surface area contributed by atoms with E-state index in [-0.39, 0.29) is 5.70 Å². The second-order valence-electron chi connectivity index (χ2n) is 6.58. The van der Waals surface area contributed by atoms with Crippen molar-refractivity contribution in [3.05, 3.63) is 92.0 Å². The molecule has 9 heteroatoms. The number of amidine groups is 1. The number of nitrogens with zero attached hydrogens (tertiary/aromatic N) is 4. The van der Waals surface area contributed by atoms with Gasteiger partial charge < -0.3 is 9.32 Å². The van der Waals surface area contributed by atoms with E-state index in [4.69, 9.17) is 27.6 Å². The van der Waals surface area contributed by atoms with Crippen LogP contribution in [0.5, 0.6) is 0 Å². The number of pyridine rings is 1. The molecule has 0 atom stereocenters. The van der Waals surface area contributed by atoms with Crippen LogP contribution >= 0.6 is 23.2 Å². The minimum Gasteiger partial charge on any atom is -0.456 e. The molecule has 0 unspecified atom stereocenters. The van der Waals surface area contributed by atoms with Gasteiger partial charge in [0, 0.05) is 24.8 Å². The molecule has 0 spiro atoms. The average molecular weight is 443 g/mol. The molecule has 0 fully saturated rings. The SMILES string of the molecule is O=[N+]([O-])/C(=C/c1ccc(-c2ccccc2Cl)o1)C1=NCCN1Cc1ccc(Cl)nc1. The van der Waals surface area contributed by atoms with Gasteiger partial charge in [0.05, 0.1) is 22.6 Å². The van der Waals surface area contributed by atoms with Crippen molar-refractivity contribution < 1.29 is 9.34 Å². The summed E-state index contributed by atoms with van der Waals surface area (Å²) in [4.78, 5) is 21.6. The molecule has 0 amide bonds. The van der Waals surface area contributed by atoms with Crippen LogP contribution in [0.4, 0.5) is 0 Å². The van der Waals surface area contributed by atoms with Gasteiger partial charge in [-0.3, -0.25) is 15.1 Å². The molecule has 0 saturated heterocycles. The fourth-order valence-electron chi connectivity index (χ4n) is 3.17. The summed E-state index contributed by atoms with van der Waals surface area (Å²) in [5.41, 5.74) is 1.47. The highest BCUT2D eigenvalue weighted by Gasteiger charge is 2.29. The number of aliphatic imine (C=N–C) groups is 1. The average Bonchev–Trinajstić information content (AvgIpc) is 3.37. The van der Waals surface area contributed by atoms with Crippen LogP contribution in [0.25, 0.3) is 17.4 Å². The summed E-state index contributed by atoms with van der Waals surface area (Å²) in [6.07, 6.45) is 3.04. The number of hydrogen-bond acceptors (Lipinski definition) is 6. The maximum atomic E-state index is 11.8. The first kappa shape index (κ1) is 20.1. The Morgan fingerprint density at radius 2 is 2.03 bits per heavy atom. The number of hydrogen-bond donors (Lipinski definition) is 0. The zero-order valence-corrected chi connectivity index (χ0v) is 17.2. The maximum Gasteiger partial charge on any atom is 0.314 e. The van der Waals surface area contributed by atoms with E-state index in [9.17, 15) is 10.1 Å². The summed E-state index contributed by atoms with van der Waals surface area (Å²) < 4.78 is 5.79. The van der Waals surface area contributed by atoms with E-state index in [1.807, 2.05) is 29.2 Å². The molecule has 2 aromatic heterocycles. The summed E-state index contributed by atoms with van der Waals surface area (Å²) in [5, 5.41) is 12.7. The Bertz CT molecular complexity index is 1140. The van der Waals surface area contributed by atoms with Crippen LogP contribution in [0.15, 0.2) is 69.8 Å². The third-order valence-corrected chi connectivity index (χ3v) is 5.12. The normalized spacial score (nSPS) is 14.1. The first-order valence-corrected chi connectivity index (χ1v) is 9.88. The summed E-state index contributed by atoms with van der Waals surface area (Å²) >= 11 is 12.0. The molecular formula is C21H16Cl2N4O3. The van der Waals surface area contributed by atoms with Gasteiger partial charge in [0.2, 0.25) is 5.84 Å². The summed E-state index contributed by atoms with van der Waals surface area (Å²) in [6.45, 7) is 1.49. The Morgan fingerprint density at radius 1 is 1.20 bits per heavy atom. The molecule has 0 bridgehead atoms. The molecule has 0 N–H and O–H groups in total. The third-order valence-electron chi connectivity index (χ3n) is 4.56. The molecule has 0 aliphatic carbocycles. The molecule has 3 aromatic rings. The van der Waals surface area contributed by atoms with Crippen molar-refractivity contribution in [3.8, 4) is 11.3 Å². The van der Waals surface area contributed by atoms with Gasteiger partial charge in [-0.05, 0) is 35.9 Å². The van der Waals surface area contributed by atoms with Gasteiger partial charge in [-0.25, -0.2) is 4.98 Å². The van der Waals surface area contributed by atoms with Crippen LogP contribution in [0.3, 0.4) is 0 Å². The standard InChI is InChI=1S/C21H16Cl2N4O3/c22-17-4-2-1-3-16(17)19-7-6-15(30-19)11-18(27(28)29)21-24-9-10-26(21)13-14-5-8-20(23)25-12-14/h1-8,11-12H,9-10,13H2/b18-11+. The largest absolute Gasteiger partial charge is 0.456 e. The molecule has 4 rings (SSSR count). The first-order chi connectivity index (χ1) is 14.5. The Morgan fingerprint density at radius 3 is 2.77 bits per heavy atom. The highest BCUT2D eigenvalue weighted by atomic mass is 35.5. The zero-order chi connectivity index (χ0) is 21.1. The number of furan rings is 1. The van der Waals surface area contributed by atoms with Gasteiger partial charge in [0.1, 0.15) is 16.7 Å². The fraction of sp³-hybridized carbons (Fsp3) is 0.143. The predicted molar refractivity (Wildman–Crippen MR) is 116 cm³/mol. The van der Waals surface area contributed by atoms with Gasteiger partial charge in [-0.15, -0.1) is 0 Å². The number of aromatic nitrogens is 1. The van der Waals surface area contributed by atoms with Crippen molar-refractivity contribution in [3.63, 3.8) is 0 Å². The Kier molecular flexibility index (Phi) is 5.83. The predicted octanol–water partition coefficient (Wildman–Crippen LogP) is 5.18. The minimum atomic E-state index is -0.449. The van der Waals surface area contributed by atoms with Crippen LogP contribution in [0.1, 0.15) is 11.3 Å². The molecule has 0 saturated carbocycles. The monoisotopic (exact) mass is 442 g/mol. The fourth-order valence-corrected chi connectivity index (χ4v) is 3.51.